The first-order valence-electron chi connectivity index (χ1n) is 4.61. The van der Waals surface area contributed by atoms with Crippen LogP contribution in [0.5, 0.6) is 0 Å². The molecule has 0 spiro atoms. The molecule has 1 fully saturated rings. The molecule has 0 unspecified atom stereocenters. The van der Waals surface area contributed by atoms with Gasteiger partial charge in [-0.05, 0) is 0 Å². The van der Waals surface area contributed by atoms with Crippen molar-refractivity contribution in [2.45, 2.75) is 19.9 Å². The molecule has 0 bridgehead atoms. The van der Waals surface area contributed by atoms with Crippen LogP contribution in [0.4, 0.5) is 0 Å². The molecule has 0 amide bonds. The molecule has 1 aromatic rings. The third kappa shape index (κ3) is 1.37. The fraction of sp³-hybridized carbons (Fsp3) is 0.667. The van der Waals surface area contributed by atoms with Gasteiger partial charge in [-0.2, -0.15) is 0 Å². The molecule has 1 N–H and O–H groups in total. The van der Waals surface area contributed by atoms with Gasteiger partial charge in [-0.3, -0.25) is 0 Å². The lowest BCUT2D eigenvalue weighted by Gasteiger charge is -2.27. The van der Waals surface area contributed by atoms with E-state index >= 15 is 0 Å². The van der Waals surface area contributed by atoms with Gasteiger partial charge in [0.1, 0.15) is 5.82 Å². The minimum atomic E-state index is 0.824. The maximum absolute atomic E-state index is 4.29. The largest absolute Gasteiger partial charge is 0.335 e. The van der Waals surface area contributed by atoms with E-state index in [1.165, 1.54) is 18.9 Å². The highest BCUT2D eigenvalue weighted by Gasteiger charge is 2.17. The fourth-order valence-electron chi connectivity index (χ4n) is 1.58. The van der Waals surface area contributed by atoms with Crippen LogP contribution in [-0.4, -0.2) is 22.6 Å². The van der Waals surface area contributed by atoms with Crippen molar-refractivity contribution in [2.24, 2.45) is 5.92 Å². The van der Waals surface area contributed by atoms with Gasteiger partial charge >= 0.3 is 0 Å². The van der Waals surface area contributed by atoms with E-state index in [0.717, 1.165) is 18.9 Å². The topological polar surface area (TPSA) is 29.9 Å². The summed E-state index contributed by atoms with van der Waals surface area (Å²) in [6.07, 6.45) is 5.01. The van der Waals surface area contributed by atoms with Crippen molar-refractivity contribution >= 4 is 0 Å². The van der Waals surface area contributed by atoms with E-state index in [9.17, 15) is 0 Å². The minimum Gasteiger partial charge on any atom is -0.335 e. The molecule has 12 heavy (non-hydrogen) atoms. The van der Waals surface area contributed by atoms with Crippen LogP contribution in [0.25, 0.3) is 0 Å². The molecular weight excluding hydrogens is 150 g/mol. The average molecular weight is 165 g/mol. The molecule has 0 atom stereocenters. The van der Waals surface area contributed by atoms with Crippen LogP contribution in [0.2, 0.25) is 0 Å². The van der Waals surface area contributed by atoms with Crippen molar-refractivity contribution in [3.63, 3.8) is 0 Å². The highest BCUT2D eigenvalue weighted by molar-refractivity contribution is 4.93. The van der Waals surface area contributed by atoms with E-state index in [2.05, 4.69) is 28.0 Å². The van der Waals surface area contributed by atoms with Crippen molar-refractivity contribution in [3.8, 4) is 0 Å². The standard InChI is InChI=1S/C9H15N3/c1-2-9-11-3-4-12(9)7-8-5-10-6-8/h3-4,8,10H,2,5-7H2,1H3. The Bertz CT molecular complexity index is 250. The van der Waals surface area contributed by atoms with Gasteiger partial charge in [0, 0.05) is 44.4 Å². The summed E-state index contributed by atoms with van der Waals surface area (Å²) in [7, 11) is 0. The molecule has 1 aliphatic rings. The Morgan fingerprint density at radius 3 is 3.08 bits per heavy atom. The lowest BCUT2D eigenvalue weighted by Crippen LogP contribution is -2.44. The molecule has 0 saturated carbocycles. The third-order valence-corrected chi connectivity index (χ3v) is 2.44. The molecule has 0 radical (unpaired) electrons. The Labute approximate surface area is 72.8 Å². The van der Waals surface area contributed by atoms with Gasteiger partial charge in [0.05, 0.1) is 0 Å². The predicted octanol–water partition coefficient (Wildman–Crippen LogP) is 0.665. The molecule has 1 saturated heterocycles. The number of rotatable bonds is 3. The van der Waals surface area contributed by atoms with E-state index in [-0.39, 0.29) is 0 Å². The third-order valence-electron chi connectivity index (χ3n) is 2.44. The minimum absolute atomic E-state index is 0.824. The van der Waals surface area contributed by atoms with Gasteiger partial charge in [-0.25, -0.2) is 4.98 Å². The number of hydrogen-bond acceptors (Lipinski definition) is 2. The summed E-state index contributed by atoms with van der Waals surface area (Å²) in [5.41, 5.74) is 0. The molecule has 1 aliphatic heterocycles. The summed E-state index contributed by atoms with van der Waals surface area (Å²) in [4.78, 5) is 4.29. The lowest BCUT2D eigenvalue weighted by molar-refractivity contribution is 0.303. The van der Waals surface area contributed by atoms with Gasteiger partial charge in [0.15, 0.2) is 0 Å². The van der Waals surface area contributed by atoms with Crippen LogP contribution < -0.4 is 5.32 Å². The van der Waals surface area contributed by atoms with Crippen LogP contribution in [0.1, 0.15) is 12.7 Å². The van der Waals surface area contributed by atoms with Crippen LogP contribution in [0.15, 0.2) is 12.4 Å². The molecule has 2 rings (SSSR count). The molecule has 66 valence electrons. The Balaban J connectivity index is 2.00. The highest BCUT2D eigenvalue weighted by Crippen LogP contribution is 2.08. The van der Waals surface area contributed by atoms with Crippen LogP contribution in [-0.2, 0) is 13.0 Å². The number of nitrogens with one attached hydrogen (secondary N) is 1. The molecule has 2 heterocycles. The van der Waals surface area contributed by atoms with Gasteiger partial charge in [-0.15, -0.1) is 0 Å². The van der Waals surface area contributed by atoms with Crippen molar-refractivity contribution in [1.82, 2.24) is 14.9 Å². The van der Waals surface area contributed by atoms with Gasteiger partial charge in [0.25, 0.3) is 0 Å². The molecule has 1 aromatic heterocycles. The second-order valence-electron chi connectivity index (χ2n) is 3.37. The quantitative estimate of drug-likeness (QED) is 0.713. The molecule has 0 aliphatic carbocycles. The van der Waals surface area contributed by atoms with Crippen LogP contribution in [0, 0.1) is 5.92 Å². The van der Waals surface area contributed by atoms with E-state index in [4.69, 9.17) is 0 Å². The summed E-state index contributed by atoms with van der Waals surface area (Å²) in [6.45, 7) is 5.62. The Kier molecular flexibility index (Phi) is 2.13. The summed E-state index contributed by atoms with van der Waals surface area (Å²) < 4.78 is 2.27. The number of hydrogen-bond donors (Lipinski definition) is 1. The monoisotopic (exact) mass is 165 g/mol. The first-order chi connectivity index (χ1) is 5.90. The van der Waals surface area contributed by atoms with Crippen molar-refractivity contribution in [2.75, 3.05) is 13.1 Å². The highest BCUT2D eigenvalue weighted by atomic mass is 15.1. The average Bonchev–Trinajstić information content (AvgIpc) is 2.43. The Morgan fingerprint density at radius 1 is 1.67 bits per heavy atom. The van der Waals surface area contributed by atoms with Crippen molar-refractivity contribution in [1.29, 1.82) is 0 Å². The second-order valence-corrected chi connectivity index (χ2v) is 3.37. The SMILES string of the molecule is CCc1nccn1CC1CNC1. The van der Waals surface area contributed by atoms with E-state index < -0.39 is 0 Å². The van der Waals surface area contributed by atoms with Crippen molar-refractivity contribution < 1.29 is 0 Å². The summed E-state index contributed by atoms with van der Waals surface area (Å²) in [6, 6.07) is 0. The van der Waals surface area contributed by atoms with Crippen molar-refractivity contribution in [3.05, 3.63) is 18.2 Å². The summed E-state index contributed by atoms with van der Waals surface area (Å²) >= 11 is 0. The first-order valence-corrected chi connectivity index (χ1v) is 4.61. The number of nitrogens with zero attached hydrogens (tertiary/aromatic N) is 2. The van der Waals surface area contributed by atoms with Crippen LogP contribution in [0.3, 0.4) is 0 Å². The van der Waals surface area contributed by atoms with E-state index in [1.54, 1.807) is 0 Å². The number of aromatic nitrogens is 2. The summed E-state index contributed by atoms with van der Waals surface area (Å²) in [5, 5.41) is 3.28. The molecule has 3 heteroatoms. The zero-order valence-electron chi connectivity index (χ0n) is 7.45. The lowest BCUT2D eigenvalue weighted by atomic mass is 10.0. The Morgan fingerprint density at radius 2 is 2.50 bits per heavy atom. The maximum Gasteiger partial charge on any atom is 0.108 e. The predicted molar refractivity (Wildman–Crippen MR) is 48.0 cm³/mol. The van der Waals surface area contributed by atoms with E-state index in [1.807, 2.05) is 6.20 Å². The normalized spacial score (nSPS) is 17.8. The number of imidazole rings is 1. The fourth-order valence-corrected chi connectivity index (χ4v) is 1.58. The zero-order chi connectivity index (χ0) is 8.39. The molecular formula is C9H15N3. The zero-order valence-corrected chi connectivity index (χ0v) is 7.45. The molecule has 0 aromatic carbocycles. The summed E-state index contributed by atoms with van der Waals surface area (Å²) in [5.74, 6) is 2.03. The molecule has 3 nitrogen and oxygen atoms in total. The second kappa shape index (κ2) is 3.27. The van der Waals surface area contributed by atoms with Crippen LogP contribution >= 0.6 is 0 Å². The maximum atomic E-state index is 4.29. The Hall–Kier alpha value is -0.830. The van der Waals surface area contributed by atoms with Gasteiger partial charge in [0.2, 0.25) is 0 Å². The number of aryl methyl sites for hydroxylation is 1. The smallest absolute Gasteiger partial charge is 0.108 e. The van der Waals surface area contributed by atoms with Gasteiger partial charge in [-0.1, -0.05) is 6.92 Å². The van der Waals surface area contributed by atoms with E-state index in [0.29, 0.717) is 0 Å². The first kappa shape index (κ1) is 7.80. The van der Waals surface area contributed by atoms with Gasteiger partial charge < -0.3 is 9.88 Å².